The van der Waals surface area contributed by atoms with Crippen molar-refractivity contribution in [2.24, 2.45) is 0 Å². The van der Waals surface area contributed by atoms with E-state index in [4.69, 9.17) is 0 Å². The zero-order valence-corrected chi connectivity index (χ0v) is 12.6. The number of rotatable bonds is 4. The molecule has 0 aliphatic carbocycles. The monoisotopic (exact) mass is 296 g/mol. The average molecular weight is 296 g/mol. The van der Waals surface area contributed by atoms with Gasteiger partial charge in [-0.1, -0.05) is 6.07 Å². The number of carbonyl (C=O) groups excluding carboxylic acids is 1. The normalized spacial score (nSPS) is 19.0. The topological polar surface area (TPSA) is 75.3 Å². The first kappa shape index (κ1) is 15.0. The van der Waals surface area contributed by atoms with Crippen molar-refractivity contribution in [3.63, 3.8) is 0 Å². The molecule has 1 aliphatic rings. The molecule has 0 spiro atoms. The fraction of sp³-hybridized carbons (Fsp3) is 0.500. The van der Waals surface area contributed by atoms with Crippen molar-refractivity contribution < 1.29 is 13.2 Å². The summed E-state index contributed by atoms with van der Waals surface area (Å²) in [6.07, 6.45) is 3.69. The minimum Gasteiger partial charge on any atom is -0.326 e. The molecule has 0 aromatic heterocycles. The van der Waals surface area contributed by atoms with Gasteiger partial charge >= 0.3 is 0 Å². The summed E-state index contributed by atoms with van der Waals surface area (Å²) in [5.74, 6) is -0.0850. The summed E-state index contributed by atoms with van der Waals surface area (Å²) in [5.41, 5.74) is 1.42. The van der Waals surface area contributed by atoms with Gasteiger partial charge in [-0.3, -0.25) is 4.79 Å². The lowest BCUT2D eigenvalue weighted by Gasteiger charge is -2.13. The first-order chi connectivity index (χ1) is 9.36. The van der Waals surface area contributed by atoms with Crippen LogP contribution in [-0.2, 0) is 14.6 Å². The third kappa shape index (κ3) is 3.80. The van der Waals surface area contributed by atoms with E-state index in [2.05, 4.69) is 10.6 Å². The number of hydrogen-bond donors (Lipinski definition) is 2. The van der Waals surface area contributed by atoms with Gasteiger partial charge in [0.2, 0.25) is 5.91 Å². The summed E-state index contributed by atoms with van der Waals surface area (Å²) in [6, 6.07) is 5.01. The molecule has 20 heavy (non-hydrogen) atoms. The van der Waals surface area contributed by atoms with Gasteiger partial charge < -0.3 is 10.6 Å². The molecule has 1 aromatic rings. The lowest BCUT2D eigenvalue weighted by molar-refractivity contribution is -0.116. The number of amides is 1. The number of anilines is 1. The Morgan fingerprint density at radius 2 is 2.20 bits per heavy atom. The zero-order chi connectivity index (χ0) is 14.8. The van der Waals surface area contributed by atoms with Crippen molar-refractivity contribution in [2.75, 3.05) is 18.1 Å². The predicted molar refractivity (Wildman–Crippen MR) is 78.6 cm³/mol. The third-order valence-corrected chi connectivity index (χ3v) is 4.62. The maximum atomic E-state index is 12.0. The molecule has 1 amide bonds. The van der Waals surface area contributed by atoms with Crippen LogP contribution in [0.5, 0.6) is 0 Å². The van der Waals surface area contributed by atoms with Crippen LogP contribution in [0.1, 0.15) is 24.8 Å². The summed E-state index contributed by atoms with van der Waals surface area (Å²) in [7, 11) is -3.26. The predicted octanol–water partition coefficient (Wildman–Crippen LogP) is 1.48. The minimum absolute atomic E-state index is 0.0850. The van der Waals surface area contributed by atoms with Crippen LogP contribution in [0.2, 0.25) is 0 Å². The number of carbonyl (C=O) groups is 1. The SMILES string of the molecule is Cc1ccc(S(C)(=O)=O)cc1NC(=O)CC1CCCN1. The van der Waals surface area contributed by atoms with E-state index in [1.807, 2.05) is 6.92 Å². The maximum absolute atomic E-state index is 12.0. The Morgan fingerprint density at radius 3 is 2.80 bits per heavy atom. The van der Waals surface area contributed by atoms with E-state index >= 15 is 0 Å². The van der Waals surface area contributed by atoms with Crippen LogP contribution in [-0.4, -0.2) is 33.2 Å². The highest BCUT2D eigenvalue weighted by molar-refractivity contribution is 7.90. The number of aryl methyl sites for hydroxylation is 1. The van der Waals surface area contributed by atoms with Gasteiger partial charge in [-0.2, -0.15) is 0 Å². The molecule has 0 saturated carbocycles. The third-order valence-electron chi connectivity index (χ3n) is 3.51. The van der Waals surface area contributed by atoms with E-state index in [-0.39, 0.29) is 16.8 Å². The van der Waals surface area contributed by atoms with E-state index in [0.29, 0.717) is 12.1 Å². The van der Waals surface area contributed by atoms with Crippen LogP contribution in [0.4, 0.5) is 5.69 Å². The number of sulfone groups is 1. The second-order valence-corrected chi connectivity index (χ2v) is 7.31. The van der Waals surface area contributed by atoms with E-state index in [1.165, 1.54) is 6.07 Å². The standard InChI is InChI=1S/C14H20N2O3S/c1-10-5-6-12(20(2,18)19)9-13(10)16-14(17)8-11-4-3-7-15-11/h5-6,9,11,15H,3-4,7-8H2,1-2H3,(H,16,17). The van der Waals surface area contributed by atoms with Gasteiger partial charge in [-0.15, -0.1) is 0 Å². The van der Waals surface area contributed by atoms with Crippen molar-refractivity contribution in [1.82, 2.24) is 5.32 Å². The largest absolute Gasteiger partial charge is 0.326 e. The van der Waals surface area contributed by atoms with Crippen LogP contribution < -0.4 is 10.6 Å². The molecule has 110 valence electrons. The van der Waals surface area contributed by atoms with Gasteiger partial charge in [0.05, 0.1) is 4.90 Å². The van der Waals surface area contributed by atoms with Crippen molar-refractivity contribution in [1.29, 1.82) is 0 Å². The van der Waals surface area contributed by atoms with Crippen LogP contribution in [0.3, 0.4) is 0 Å². The molecule has 1 aliphatic heterocycles. The zero-order valence-electron chi connectivity index (χ0n) is 11.8. The first-order valence-electron chi connectivity index (χ1n) is 6.70. The Kier molecular flexibility index (Phi) is 4.45. The molecule has 1 fully saturated rings. The molecule has 1 heterocycles. The summed E-state index contributed by atoms with van der Waals surface area (Å²) in [6.45, 7) is 2.80. The Hall–Kier alpha value is -1.40. The minimum atomic E-state index is -3.26. The molecule has 2 N–H and O–H groups in total. The smallest absolute Gasteiger partial charge is 0.225 e. The van der Waals surface area contributed by atoms with Gasteiger partial charge in [0.25, 0.3) is 0 Å². The molecule has 1 aromatic carbocycles. The number of hydrogen-bond acceptors (Lipinski definition) is 4. The summed E-state index contributed by atoms with van der Waals surface area (Å²) in [5, 5.41) is 6.07. The van der Waals surface area contributed by atoms with Crippen LogP contribution >= 0.6 is 0 Å². The molecule has 6 heteroatoms. The van der Waals surface area contributed by atoms with Crippen LogP contribution in [0.25, 0.3) is 0 Å². The van der Waals surface area contributed by atoms with Crippen molar-refractivity contribution in [3.8, 4) is 0 Å². The average Bonchev–Trinajstić information content (AvgIpc) is 2.83. The van der Waals surface area contributed by atoms with Gasteiger partial charge in [0, 0.05) is 24.4 Å². The van der Waals surface area contributed by atoms with Crippen molar-refractivity contribution in [2.45, 2.75) is 37.1 Å². The highest BCUT2D eigenvalue weighted by atomic mass is 32.2. The molecule has 0 bridgehead atoms. The highest BCUT2D eigenvalue weighted by Crippen LogP contribution is 2.21. The molecular formula is C14H20N2O3S. The summed E-state index contributed by atoms with van der Waals surface area (Å²) in [4.78, 5) is 12.2. The molecule has 2 rings (SSSR count). The fourth-order valence-electron chi connectivity index (χ4n) is 2.32. The summed E-state index contributed by atoms with van der Waals surface area (Å²) < 4.78 is 23.1. The van der Waals surface area contributed by atoms with Gasteiger partial charge in [-0.05, 0) is 44.0 Å². The van der Waals surface area contributed by atoms with E-state index < -0.39 is 9.84 Å². The number of nitrogens with one attached hydrogen (secondary N) is 2. The molecule has 0 radical (unpaired) electrons. The molecule has 5 nitrogen and oxygen atoms in total. The highest BCUT2D eigenvalue weighted by Gasteiger charge is 2.18. The van der Waals surface area contributed by atoms with Gasteiger partial charge in [-0.25, -0.2) is 8.42 Å². The maximum Gasteiger partial charge on any atom is 0.225 e. The molecule has 1 atom stereocenters. The lowest BCUT2D eigenvalue weighted by atomic mass is 10.1. The quantitative estimate of drug-likeness (QED) is 0.882. The molecule has 1 unspecified atom stereocenters. The van der Waals surface area contributed by atoms with Gasteiger partial charge in [0.15, 0.2) is 9.84 Å². The fourth-order valence-corrected chi connectivity index (χ4v) is 2.97. The van der Waals surface area contributed by atoms with Crippen molar-refractivity contribution in [3.05, 3.63) is 23.8 Å². The van der Waals surface area contributed by atoms with Crippen LogP contribution in [0, 0.1) is 6.92 Å². The molecule has 1 saturated heterocycles. The van der Waals surface area contributed by atoms with E-state index in [0.717, 1.165) is 31.2 Å². The lowest BCUT2D eigenvalue weighted by Crippen LogP contribution is -2.27. The summed E-state index contributed by atoms with van der Waals surface area (Å²) >= 11 is 0. The Balaban J connectivity index is 2.09. The van der Waals surface area contributed by atoms with E-state index in [1.54, 1.807) is 12.1 Å². The van der Waals surface area contributed by atoms with E-state index in [9.17, 15) is 13.2 Å². The van der Waals surface area contributed by atoms with Gasteiger partial charge in [0.1, 0.15) is 0 Å². The molecular weight excluding hydrogens is 276 g/mol. The Labute approximate surface area is 119 Å². The second-order valence-electron chi connectivity index (χ2n) is 5.29. The Morgan fingerprint density at radius 1 is 1.45 bits per heavy atom. The first-order valence-corrected chi connectivity index (χ1v) is 8.59. The second kappa shape index (κ2) is 5.93. The van der Waals surface area contributed by atoms with Crippen LogP contribution in [0.15, 0.2) is 23.1 Å². The number of benzene rings is 1. The van der Waals surface area contributed by atoms with Crippen molar-refractivity contribution >= 4 is 21.4 Å². The Bertz CT molecular complexity index is 605.